The summed E-state index contributed by atoms with van der Waals surface area (Å²) in [5.41, 5.74) is 8.83. The molecule has 2 saturated heterocycles. The number of amides is 4. The lowest BCUT2D eigenvalue weighted by Gasteiger charge is -2.33. The van der Waals surface area contributed by atoms with Crippen molar-refractivity contribution in [3.8, 4) is 22.3 Å². The second-order valence-electron chi connectivity index (χ2n) is 16.5. The highest BCUT2D eigenvalue weighted by Crippen LogP contribution is 2.46. The van der Waals surface area contributed by atoms with Crippen molar-refractivity contribution in [2.75, 3.05) is 86.5 Å². The first-order chi connectivity index (χ1) is 32.5. The maximum atomic E-state index is 13.2. The van der Waals surface area contributed by atoms with Gasteiger partial charge in [0.15, 0.2) is 0 Å². The number of ether oxygens (including phenoxy) is 5. The molecule has 0 bridgehead atoms. The summed E-state index contributed by atoms with van der Waals surface area (Å²) in [4.78, 5) is 81.2. The molecule has 1 N–H and O–H groups in total. The van der Waals surface area contributed by atoms with E-state index in [0.717, 1.165) is 49.4 Å². The summed E-state index contributed by atoms with van der Waals surface area (Å²) < 4.78 is 27.0. The molecule has 0 aromatic heterocycles. The number of likely N-dealkylation sites (N-methyl/N-ethyl adjacent to an activating group) is 2. The molecule has 4 amide bonds. The Bertz CT molecular complexity index is 2360. The normalized spacial score (nSPS) is 15.8. The van der Waals surface area contributed by atoms with Gasteiger partial charge < -0.3 is 38.6 Å². The molecular formula is C51H56N4O12. The molecule has 2 atom stereocenters. The first kappa shape index (κ1) is 47.9. The van der Waals surface area contributed by atoms with Gasteiger partial charge in [0, 0.05) is 52.1 Å². The van der Waals surface area contributed by atoms with E-state index < -0.39 is 48.5 Å². The molecule has 2 fully saturated rings. The third kappa shape index (κ3) is 11.2. The molecular weight excluding hydrogens is 861 g/mol. The summed E-state index contributed by atoms with van der Waals surface area (Å²) in [5.74, 6) is -2.71. The summed E-state index contributed by atoms with van der Waals surface area (Å²) in [6.45, 7) is 6.92. The van der Waals surface area contributed by atoms with E-state index in [1.807, 2.05) is 84.9 Å². The number of morpholine rings is 2. The number of carbonyl (C=O) groups is 6. The number of benzene rings is 4. The lowest BCUT2D eigenvalue weighted by atomic mass is 9.98. The molecule has 67 heavy (non-hydrogen) atoms. The number of rotatable bonds is 14. The Morgan fingerprint density at radius 3 is 1.28 bits per heavy atom. The number of fused-ring (bicyclic) bond motifs is 6. The van der Waals surface area contributed by atoms with Gasteiger partial charge >= 0.3 is 24.1 Å². The maximum Gasteiger partial charge on any atom is 0.410 e. The van der Waals surface area contributed by atoms with Crippen LogP contribution in [0.1, 0.15) is 46.9 Å². The molecule has 2 aliphatic heterocycles. The van der Waals surface area contributed by atoms with Crippen LogP contribution in [-0.2, 0) is 42.9 Å². The van der Waals surface area contributed by atoms with Crippen LogP contribution in [0, 0.1) is 0 Å². The lowest BCUT2D eigenvalue weighted by molar-refractivity contribution is -0.149. The Labute approximate surface area is 389 Å². The zero-order valence-electron chi connectivity index (χ0n) is 37.8. The summed E-state index contributed by atoms with van der Waals surface area (Å²) in [6.07, 6.45) is -0.706. The van der Waals surface area contributed by atoms with Gasteiger partial charge in [-0.2, -0.15) is 0 Å². The van der Waals surface area contributed by atoms with Crippen LogP contribution in [0.5, 0.6) is 0 Å². The van der Waals surface area contributed by atoms with Crippen molar-refractivity contribution in [3.05, 3.63) is 132 Å². The zero-order chi connectivity index (χ0) is 47.5. The van der Waals surface area contributed by atoms with Crippen molar-refractivity contribution in [1.29, 1.82) is 0 Å². The van der Waals surface area contributed by atoms with Crippen LogP contribution < -0.4 is 0 Å². The highest BCUT2D eigenvalue weighted by Gasteiger charge is 2.38. The first-order valence-corrected chi connectivity index (χ1v) is 22.3. The fraction of sp³-hybridized carbons (Fsp3) is 0.373. The van der Waals surface area contributed by atoms with Crippen LogP contribution in [0.3, 0.4) is 0 Å². The first-order valence-electron chi connectivity index (χ1n) is 22.3. The van der Waals surface area contributed by atoms with Gasteiger partial charge in [0.05, 0.1) is 39.3 Å². The van der Waals surface area contributed by atoms with E-state index in [9.17, 15) is 33.9 Å². The number of carboxylic acid groups (broad SMARTS) is 1. The van der Waals surface area contributed by atoms with Gasteiger partial charge in [-0.15, -0.1) is 0 Å². The summed E-state index contributed by atoms with van der Waals surface area (Å²) in [5, 5.41) is 9.31. The Hall–Kier alpha value is -7.04. The van der Waals surface area contributed by atoms with Gasteiger partial charge in [0.1, 0.15) is 31.9 Å². The van der Waals surface area contributed by atoms with E-state index in [4.69, 9.17) is 23.7 Å². The van der Waals surface area contributed by atoms with Gasteiger partial charge in [-0.3, -0.25) is 29.0 Å². The van der Waals surface area contributed by atoms with Gasteiger partial charge in [0.2, 0.25) is 11.8 Å². The van der Waals surface area contributed by atoms with E-state index >= 15 is 0 Å². The van der Waals surface area contributed by atoms with Crippen molar-refractivity contribution in [2.45, 2.75) is 36.8 Å². The van der Waals surface area contributed by atoms with Crippen molar-refractivity contribution in [1.82, 2.24) is 19.6 Å². The largest absolute Gasteiger partial charge is 0.481 e. The minimum absolute atomic E-state index is 0.0337. The van der Waals surface area contributed by atoms with Crippen LogP contribution in [0.15, 0.2) is 110 Å². The number of aliphatic carboxylic acids is 1. The SMILES string of the molecule is C=CCOC(=O)C[C@@H](C(=O)N1CCOCC1)N(C)C(=O)OCC1c2ccccc2-c2ccccc21.CN(C(=O)OCC1c2ccccc2-c2ccccc21)[C@@H](CC(=O)O)C(=O)N1CCOCC1. The number of nitrogens with zero attached hydrogens (tertiary/aromatic N) is 4. The fourth-order valence-electron chi connectivity index (χ4n) is 8.95. The Kier molecular flexibility index (Phi) is 16.0. The monoisotopic (exact) mass is 916 g/mol. The topological polar surface area (TPSA) is 182 Å². The van der Waals surface area contributed by atoms with Gasteiger partial charge in [-0.25, -0.2) is 9.59 Å². The number of hydrogen-bond acceptors (Lipinski definition) is 11. The molecule has 0 unspecified atom stereocenters. The summed E-state index contributed by atoms with van der Waals surface area (Å²) >= 11 is 0. The minimum atomic E-state index is -1.16. The average molecular weight is 917 g/mol. The average Bonchev–Trinajstić information content (AvgIpc) is 3.86. The lowest BCUT2D eigenvalue weighted by Crippen LogP contribution is -2.53. The molecule has 0 radical (unpaired) electrons. The second kappa shape index (κ2) is 22.4. The van der Waals surface area contributed by atoms with Crippen LogP contribution in [0.25, 0.3) is 22.3 Å². The molecule has 4 aliphatic rings. The van der Waals surface area contributed by atoms with Crippen molar-refractivity contribution in [2.24, 2.45) is 0 Å². The quantitative estimate of drug-likeness (QED) is 0.0916. The number of esters is 1. The van der Waals surface area contributed by atoms with Gasteiger partial charge in [-0.1, -0.05) is 110 Å². The zero-order valence-corrected chi connectivity index (χ0v) is 37.8. The van der Waals surface area contributed by atoms with Crippen molar-refractivity contribution >= 4 is 35.9 Å². The minimum Gasteiger partial charge on any atom is -0.481 e. The van der Waals surface area contributed by atoms with E-state index in [-0.39, 0.29) is 44.0 Å². The van der Waals surface area contributed by atoms with Gasteiger partial charge in [-0.05, 0) is 44.5 Å². The predicted octanol–water partition coefficient (Wildman–Crippen LogP) is 5.78. The van der Waals surface area contributed by atoms with Gasteiger partial charge in [0.25, 0.3) is 0 Å². The molecule has 16 heteroatoms. The Balaban J connectivity index is 0.000000200. The maximum absolute atomic E-state index is 13.2. The molecule has 4 aromatic carbocycles. The summed E-state index contributed by atoms with van der Waals surface area (Å²) in [6, 6.07) is 29.9. The highest BCUT2D eigenvalue weighted by molar-refractivity contribution is 5.91. The molecule has 0 saturated carbocycles. The van der Waals surface area contributed by atoms with E-state index in [0.29, 0.717) is 52.6 Å². The van der Waals surface area contributed by atoms with Crippen LogP contribution >= 0.6 is 0 Å². The van der Waals surface area contributed by atoms with Crippen molar-refractivity contribution < 1.29 is 57.6 Å². The summed E-state index contributed by atoms with van der Waals surface area (Å²) in [7, 11) is 2.88. The second-order valence-corrected chi connectivity index (χ2v) is 16.5. The van der Waals surface area contributed by atoms with E-state index in [1.165, 1.54) is 30.0 Å². The van der Waals surface area contributed by atoms with E-state index in [2.05, 4.69) is 18.7 Å². The third-order valence-electron chi connectivity index (χ3n) is 12.5. The Morgan fingerprint density at radius 1 is 0.597 bits per heavy atom. The van der Waals surface area contributed by atoms with Crippen LogP contribution in [0.4, 0.5) is 9.59 Å². The van der Waals surface area contributed by atoms with Crippen molar-refractivity contribution in [3.63, 3.8) is 0 Å². The molecule has 2 heterocycles. The number of carboxylic acids is 1. The third-order valence-corrected chi connectivity index (χ3v) is 12.5. The van der Waals surface area contributed by atoms with E-state index in [1.54, 1.807) is 4.90 Å². The molecule has 4 aromatic rings. The van der Waals surface area contributed by atoms with Crippen LogP contribution in [0.2, 0.25) is 0 Å². The standard InChI is InChI=1S/C27H30N2O6.C24H26N2O6/c1-3-14-34-25(30)17-24(26(31)29-12-15-33-16-13-29)28(2)27(32)35-18-23-21-10-6-4-8-19(21)20-9-5-7-11-22(20)23;1-25(21(14-22(27)28)23(29)26-10-12-31-13-11-26)24(30)32-15-20-18-8-4-2-6-16(18)17-7-3-5-9-19(17)20/h3-11,23-24H,1,12-18H2,2H3;2-9,20-21H,10-15H2,1H3,(H,27,28)/t24-;21-/m00/s1. The molecule has 16 nitrogen and oxygen atoms in total. The van der Waals surface area contributed by atoms with Crippen LogP contribution in [-0.4, -0.2) is 159 Å². The molecule has 352 valence electrons. The molecule has 2 aliphatic carbocycles. The smallest absolute Gasteiger partial charge is 0.410 e. The molecule has 8 rings (SSSR count). The predicted molar refractivity (Wildman–Crippen MR) is 246 cm³/mol. The molecule has 0 spiro atoms. The number of carbonyl (C=O) groups excluding carboxylic acids is 5. The highest BCUT2D eigenvalue weighted by atomic mass is 16.6. The Morgan fingerprint density at radius 2 is 0.940 bits per heavy atom. The fourth-order valence-corrected chi connectivity index (χ4v) is 8.95. The number of hydrogen-bond donors (Lipinski definition) is 1.